The molecule has 0 spiro atoms. The molecule has 0 rings (SSSR count). The van der Waals surface area contributed by atoms with E-state index in [0.29, 0.717) is 9.52 Å². The first-order chi connectivity index (χ1) is 2.91. The van der Waals surface area contributed by atoms with Crippen molar-refractivity contribution in [1.82, 2.24) is 5.32 Å². The summed E-state index contributed by atoms with van der Waals surface area (Å²) in [7, 11) is 2.33. The Morgan fingerprint density at radius 2 is 2.33 bits per heavy atom. The van der Waals surface area contributed by atoms with Crippen LogP contribution in [0.1, 0.15) is 6.92 Å². The SMILES string of the molecule is CC[SiH2]CNC. The topological polar surface area (TPSA) is 12.0 Å². The Labute approximate surface area is 42.0 Å². The Morgan fingerprint density at radius 1 is 1.67 bits per heavy atom. The van der Waals surface area contributed by atoms with Crippen molar-refractivity contribution in [3.05, 3.63) is 0 Å². The third-order valence-corrected chi connectivity index (χ3v) is 2.34. The minimum Gasteiger partial charge on any atom is -0.323 e. The molecule has 0 unspecified atom stereocenters. The summed E-state index contributed by atoms with van der Waals surface area (Å²) in [5.74, 6) is 0. The van der Waals surface area contributed by atoms with Crippen LogP contribution in [0.4, 0.5) is 0 Å². The molecule has 1 nitrogen and oxygen atoms in total. The summed E-state index contributed by atoms with van der Waals surface area (Å²) in [6.45, 7) is 2.25. The summed E-state index contributed by atoms with van der Waals surface area (Å²) in [6, 6.07) is 1.43. The van der Waals surface area contributed by atoms with Crippen molar-refractivity contribution in [2.75, 3.05) is 13.2 Å². The van der Waals surface area contributed by atoms with Gasteiger partial charge in [0.05, 0.1) is 0 Å². The molecule has 0 amide bonds. The third-order valence-electron chi connectivity index (χ3n) is 0.780. The lowest BCUT2D eigenvalue weighted by atomic mass is 11.0. The maximum Gasteiger partial charge on any atom is 0.0362 e. The van der Waals surface area contributed by atoms with Gasteiger partial charge in [-0.25, -0.2) is 0 Å². The van der Waals surface area contributed by atoms with Gasteiger partial charge in [0.15, 0.2) is 0 Å². The summed E-state index contributed by atoms with van der Waals surface area (Å²) < 4.78 is 0. The lowest BCUT2D eigenvalue weighted by Gasteiger charge is -1.88. The first kappa shape index (κ1) is 6.18. The number of rotatable bonds is 3. The minimum absolute atomic E-state index is 0.311. The lowest BCUT2D eigenvalue weighted by molar-refractivity contribution is 0.963. The van der Waals surface area contributed by atoms with Gasteiger partial charge in [-0.1, -0.05) is 13.0 Å². The third kappa shape index (κ3) is 4.18. The number of hydrogen-bond donors (Lipinski definition) is 1. The van der Waals surface area contributed by atoms with Gasteiger partial charge in [0.25, 0.3) is 0 Å². The Kier molecular flexibility index (Phi) is 5.33. The Morgan fingerprint density at radius 3 is 2.50 bits per heavy atom. The fourth-order valence-corrected chi connectivity index (χ4v) is 1.06. The van der Waals surface area contributed by atoms with Gasteiger partial charge in [0.1, 0.15) is 0 Å². The fraction of sp³-hybridized carbons (Fsp3) is 1.00. The molecule has 0 aromatic rings. The molecule has 0 saturated carbocycles. The van der Waals surface area contributed by atoms with E-state index in [-0.39, 0.29) is 0 Å². The Bertz CT molecular complexity index is 19.5. The van der Waals surface area contributed by atoms with Gasteiger partial charge in [-0.15, -0.1) is 0 Å². The highest BCUT2D eigenvalue weighted by atomic mass is 28.2. The van der Waals surface area contributed by atoms with E-state index in [2.05, 4.69) is 12.2 Å². The van der Waals surface area contributed by atoms with E-state index < -0.39 is 0 Å². The second-order valence-electron chi connectivity index (χ2n) is 1.46. The molecule has 2 heteroatoms. The minimum atomic E-state index is 0.311. The molecule has 0 radical (unpaired) electrons. The molecule has 0 saturated heterocycles. The van der Waals surface area contributed by atoms with Crippen molar-refractivity contribution in [1.29, 1.82) is 0 Å². The quantitative estimate of drug-likeness (QED) is 0.384. The van der Waals surface area contributed by atoms with Crippen LogP contribution >= 0.6 is 0 Å². The van der Waals surface area contributed by atoms with E-state index in [1.54, 1.807) is 0 Å². The van der Waals surface area contributed by atoms with Crippen molar-refractivity contribution >= 4 is 9.52 Å². The van der Waals surface area contributed by atoms with E-state index in [9.17, 15) is 0 Å². The predicted molar refractivity (Wildman–Crippen MR) is 33.0 cm³/mol. The van der Waals surface area contributed by atoms with Gasteiger partial charge in [-0.3, -0.25) is 0 Å². The van der Waals surface area contributed by atoms with Crippen molar-refractivity contribution < 1.29 is 0 Å². The number of nitrogens with one attached hydrogen (secondary N) is 1. The monoisotopic (exact) mass is 103 g/mol. The van der Waals surface area contributed by atoms with Gasteiger partial charge in [-0.05, 0) is 13.2 Å². The van der Waals surface area contributed by atoms with Crippen LogP contribution in [0, 0.1) is 0 Å². The second-order valence-corrected chi connectivity index (χ2v) is 3.66. The van der Waals surface area contributed by atoms with Gasteiger partial charge < -0.3 is 5.32 Å². The average molecular weight is 103 g/mol. The molecule has 0 aromatic carbocycles. The molecule has 0 bridgehead atoms. The highest BCUT2D eigenvalue weighted by Gasteiger charge is 1.75. The zero-order valence-corrected chi connectivity index (χ0v) is 6.04. The van der Waals surface area contributed by atoms with Crippen LogP contribution in [0.3, 0.4) is 0 Å². The summed E-state index contributed by atoms with van der Waals surface area (Å²) in [5.41, 5.74) is 0. The van der Waals surface area contributed by atoms with Crippen LogP contribution in [0.5, 0.6) is 0 Å². The molecule has 0 heterocycles. The summed E-state index contributed by atoms with van der Waals surface area (Å²) in [6.07, 6.45) is 1.30. The molecule has 0 aliphatic carbocycles. The molecule has 0 atom stereocenters. The highest BCUT2D eigenvalue weighted by Crippen LogP contribution is 1.66. The van der Waals surface area contributed by atoms with E-state index in [1.807, 2.05) is 7.05 Å². The smallest absolute Gasteiger partial charge is 0.0362 e. The molecule has 38 valence electrons. The van der Waals surface area contributed by atoms with Crippen molar-refractivity contribution in [3.8, 4) is 0 Å². The van der Waals surface area contributed by atoms with Gasteiger partial charge in [0.2, 0.25) is 0 Å². The molecule has 0 fully saturated rings. The van der Waals surface area contributed by atoms with E-state index in [0.717, 1.165) is 0 Å². The van der Waals surface area contributed by atoms with Gasteiger partial charge in [-0.2, -0.15) is 0 Å². The molecule has 6 heavy (non-hydrogen) atoms. The average Bonchev–Trinajstić information content (AvgIpc) is 1.61. The van der Waals surface area contributed by atoms with Crippen LogP contribution < -0.4 is 5.32 Å². The molecular weight excluding hydrogens is 90.1 g/mol. The van der Waals surface area contributed by atoms with Gasteiger partial charge in [0, 0.05) is 9.52 Å². The first-order valence-electron chi connectivity index (χ1n) is 2.56. The maximum atomic E-state index is 3.13. The van der Waals surface area contributed by atoms with Crippen LogP contribution in [-0.4, -0.2) is 22.7 Å². The molecule has 0 aliphatic heterocycles. The summed E-state index contributed by atoms with van der Waals surface area (Å²) in [4.78, 5) is 0. The fourth-order valence-electron chi connectivity index (χ4n) is 0.354. The van der Waals surface area contributed by atoms with Crippen LogP contribution in [0.25, 0.3) is 0 Å². The van der Waals surface area contributed by atoms with Crippen molar-refractivity contribution in [2.45, 2.75) is 13.0 Å². The largest absolute Gasteiger partial charge is 0.323 e. The maximum absolute atomic E-state index is 3.13. The Balaban J connectivity index is 2.34. The van der Waals surface area contributed by atoms with E-state index in [4.69, 9.17) is 0 Å². The molecular formula is C4H13NSi. The summed E-state index contributed by atoms with van der Waals surface area (Å²) in [5, 5.41) is 3.13. The van der Waals surface area contributed by atoms with Crippen LogP contribution in [-0.2, 0) is 0 Å². The number of hydrogen-bond acceptors (Lipinski definition) is 1. The molecule has 1 N–H and O–H groups in total. The van der Waals surface area contributed by atoms with E-state index >= 15 is 0 Å². The highest BCUT2D eigenvalue weighted by molar-refractivity contribution is 6.35. The predicted octanol–water partition coefficient (Wildman–Crippen LogP) is -0.230. The molecule has 0 aromatic heterocycles. The second kappa shape index (κ2) is 5.18. The van der Waals surface area contributed by atoms with Crippen LogP contribution in [0.15, 0.2) is 0 Å². The standard InChI is InChI=1S/C4H13NSi/c1-3-6-4-5-2/h5H,3-4,6H2,1-2H3. The zero-order valence-electron chi connectivity index (χ0n) is 4.62. The van der Waals surface area contributed by atoms with Crippen molar-refractivity contribution in [3.63, 3.8) is 0 Å². The normalized spacial score (nSPS) is 11.0. The Hall–Kier alpha value is 0.177. The van der Waals surface area contributed by atoms with Gasteiger partial charge >= 0.3 is 0 Å². The zero-order chi connectivity index (χ0) is 4.83. The first-order valence-corrected chi connectivity index (χ1v) is 4.56. The van der Waals surface area contributed by atoms with Crippen LogP contribution in [0.2, 0.25) is 6.04 Å². The van der Waals surface area contributed by atoms with Crippen molar-refractivity contribution in [2.24, 2.45) is 0 Å². The lowest BCUT2D eigenvalue weighted by Crippen LogP contribution is -2.13. The van der Waals surface area contributed by atoms with E-state index in [1.165, 1.54) is 12.2 Å². The molecule has 0 aliphatic rings. The summed E-state index contributed by atoms with van der Waals surface area (Å²) >= 11 is 0.